The summed E-state index contributed by atoms with van der Waals surface area (Å²) < 4.78 is 10.5. The van der Waals surface area contributed by atoms with Gasteiger partial charge in [0.1, 0.15) is 5.82 Å². The number of rotatable bonds is 5. The highest BCUT2D eigenvalue weighted by Gasteiger charge is 2.08. The van der Waals surface area contributed by atoms with E-state index in [4.69, 9.17) is 14.7 Å². The van der Waals surface area contributed by atoms with Crippen LogP contribution in [0, 0.1) is 11.3 Å². The van der Waals surface area contributed by atoms with Gasteiger partial charge < -0.3 is 9.47 Å². The maximum absolute atomic E-state index is 8.60. The Labute approximate surface area is 117 Å². The highest BCUT2D eigenvalue weighted by molar-refractivity contribution is 5.63. The van der Waals surface area contributed by atoms with Crippen molar-refractivity contribution >= 4 is 0 Å². The Kier molecular flexibility index (Phi) is 4.51. The van der Waals surface area contributed by atoms with Gasteiger partial charge in [-0.1, -0.05) is 0 Å². The number of aryl methyl sites for hydroxylation is 1. The van der Waals surface area contributed by atoms with Crippen molar-refractivity contribution in [3.63, 3.8) is 0 Å². The minimum atomic E-state index is 0.412. The first-order valence-electron chi connectivity index (χ1n) is 6.19. The number of nitriles is 1. The van der Waals surface area contributed by atoms with Gasteiger partial charge in [0.15, 0.2) is 11.5 Å². The van der Waals surface area contributed by atoms with Gasteiger partial charge in [-0.15, -0.1) is 0 Å². The minimum Gasteiger partial charge on any atom is -0.493 e. The fourth-order valence-corrected chi connectivity index (χ4v) is 1.84. The average molecular weight is 269 g/mol. The Morgan fingerprint density at radius 2 is 1.95 bits per heavy atom. The third-order valence-electron chi connectivity index (χ3n) is 2.85. The number of methoxy groups -OCH3 is 2. The molecule has 0 unspecified atom stereocenters. The van der Waals surface area contributed by atoms with Crippen LogP contribution in [0.3, 0.4) is 0 Å². The number of hydrogen-bond acceptors (Lipinski definition) is 5. The van der Waals surface area contributed by atoms with Gasteiger partial charge in [0.05, 0.1) is 26.0 Å². The fourth-order valence-electron chi connectivity index (χ4n) is 1.84. The molecule has 0 aliphatic carbocycles. The van der Waals surface area contributed by atoms with Crippen LogP contribution in [0.1, 0.15) is 12.2 Å². The molecule has 0 amide bonds. The molecule has 1 heterocycles. The maximum atomic E-state index is 8.60. The van der Waals surface area contributed by atoms with Crippen LogP contribution in [-0.4, -0.2) is 24.2 Å². The molecule has 0 saturated carbocycles. The summed E-state index contributed by atoms with van der Waals surface area (Å²) in [5, 5.41) is 8.60. The third-order valence-corrected chi connectivity index (χ3v) is 2.85. The second-order valence-electron chi connectivity index (χ2n) is 4.09. The summed E-state index contributed by atoms with van der Waals surface area (Å²) in [6.45, 7) is 0. The number of ether oxygens (including phenoxy) is 2. The molecule has 5 heteroatoms. The monoisotopic (exact) mass is 269 g/mol. The largest absolute Gasteiger partial charge is 0.493 e. The first-order valence-corrected chi connectivity index (χ1v) is 6.19. The van der Waals surface area contributed by atoms with E-state index in [1.165, 1.54) is 0 Å². The Morgan fingerprint density at radius 3 is 2.65 bits per heavy atom. The molecule has 2 rings (SSSR count). The molecule has 0 saturated heterocycles. The van der Waals surface area contributed by atoms with Crippen molar-refractivity contribution in [3.05, 3.63) is 36.3 Å². The summed E-state index contributed by atoms with van der Waals surface area (Å²) in [6, 6.07) is 9.55. The summed E-state index contributed by atoms with van der Waals surface area (Å²) in [7, 11) is 3.20. The van der Waals surface area contributed by atoms with Crippen LogP contribution in [0.4, 0.5) is 0 Å². The average Bonchev–Trinajstić information content (AvgIpc) is 2.52. The van der Waals surface area contributed by atoms with Gasteiger partial charge in [0.2, 0.25) is 0 Å². The fraction of sp³-hybridized carbons (Fsp3) is 0.267. The van der Waals surface area contributed by atoms with Crippen LogP contribution in [0.25, 0.3) is 11.3 Å². The standard InChI is InChI=1S/C15H15N3O2/c1-19-13-6-5-11(10-14(13)20-2)12-7-9-17-15(18-12)4-3-8-16/h5-7,9-10H,3-4H2,1-2H3. The van der Waals surface area contributed by atoms with E-state index >= 15 is 0 Å². The van der Waals surface area contributed by atoms with Gasteiger partial charge in [-0.2, -0.15) is 5.26 Å². The van der Waals surface area contributed by atoms with Gasteiger partial charge >= 0.3 is 0 Å². The number of benzene rings is 1. The van der Waals surface area contributed by atoms with Crippen molar-refractivity contribution in [3.8, 4) is 28.8 Å². The molecular formula is C15H15N3O2. The number of aromatic nitrogens is 2. The normalized spacial score (nSPS) is 9.85. The van der Waals surface area contributed by atoms with Gasteiger partial charge in [-0.05, 0) is 24.3 Å². The van der Waals surface area contributed by atoms with Crippen molar-refractivity contribution in [2.75, 3.05) is 14.2 Å². The second-order valence-corrected chi connectivity index (χ2v) is 4.09. The molecule has 0 N–H and O–H groups in total. The zero-order chi connectivity index (χ0) is 14.4. The van der Waals surface area contributed by atoms with E-state index in [0.717, 1.165) is 11.3 Å². The van der Waals surface area contributed by atoms with E-state index < -0.39 is 0 Å². The van der Waals surface area contributed by atoms with Crippen molar-refractivity contribution in [2.45, 2.75) is 12.8 Å². The Bertz CT molecular complexity index is 635. The molecule has 2 aromatic rings. The maximum Gasteiger partial charge on any atom is 0.161 e. The summed E-state index contributed by atoms with van der Waals surface area (Å²) in [4.78, 5) is 8.61. The molecular weight excluding hydrogens is 254 g/mol. The highest BCUT2D eigenvalue weighted by Crippen LogP contribution is 2.31. The molecule has 0 bridgehead atoms. The zero-order valence-electron chi connectivity index (χ0n) is 11.5. The van der Waals surface area contributed by atoms with E-state index in [9.17, 15) is 0 Å². The van der Waals surface area contributed by atoms with Gasteiger partial charge in [0, 0.05) is 24.6 Å². The van der Waals surface area contributed by atoms with Crippen LogP contribution in [0.5, 0.6) is 11.5 Å². The number of nitrogens with zero attached hydrogens (tertiary/aromatic N) is 3. The zero-order valence-corrected chi connectivity index (χ0v) is 11.5. The van der Waals surface area contributed by atoms with Crippen molar-refractivity contribution in [1.82, 2.24) is 9.97 Å². The lowest BCUT2D eigenvalue weighted by Gasteiger charge is -2.09. The molecule has 0 fully saturated rings. The molecule has 1 aromatic heterocycles. The van der Waals surface area contributed by atoms with Crippen LogP contribution in [0.15, 0.2) is 30.5 Å². The molecule has 0 aliphatic rings. The Hall–Kier alpha value is -2.61. The van der Waals surface area contributed by atoms with Gasteiger partial charge in [-0.25, -0.2) is 9.97 Å². The third kappa shape index (κ3) is 3.04. The molecule has 0 spiro atoms. The van der Waals surface area contributed by atoms with Crippen molar-refractivity contribution in [2.24, 2.45) is 0 Å². The van der Waals surface area contributed by atoms with E-state index in [2.05, 4.69) is 16.0 Å². The SMILES string of the molecule is COc1ccc(-c2ccnc(CCC#N)n2)cc1OC. The molecule has 0 atom stereocenters. The number of hydrogen-bond donors (Lipinski definition) is 0. The van der Waals surface area contributed by atoms with Gasteiger partial charge in [-0.3, -0.25) is 0 Å². The summed E-state index contributed by atoms with van der Waals surface area (Å²) >= 11 is 0. The van der Waals surface area contributed by atoms with E-state index in [1.807, 2.05) is 24.3 Å². The van der Waals surface area contributed by atoms with Crippen molar-refractivity contribution < 1.29 is 9.47 Å². The second kappa shape index (κ2) is 6.53. The van der Waals surface area contributed by atoms with E-state index in [1.54, 1.807) is 20.4 Å². The predicted molar refractivity (Wildman–Crippen MR) is 74.5 cm³/mol. The lowest BCUT2D eigenvalue weighted by molar-refractivity contribution is 0.355. The topological polar surface area (TPSA) is 68.0 Å². The molecule has 102 valence electrons. The van der Waals surface area contributed by atoms with Gasteiger partial charge in [0.25, 0.3) is 0 Å². The van der Waals surface area contributed by atoms with Crippen LogP contribution in [0.2, 0.25) is 0 Å². The first-order chi connectivity index (χ1) is 9.78. The summed E-state index contributed by atoms with van der Waals surface area (Å²) in [6.07, 6.45) is 2.67. The summed E-state index contributed by atoms with van der Waals surface area (Å²) in [5.74, 6) is 2.00. The van der Waals surface area contributed by atoms with E-state index in [0.29, 0.717) is 30.2 Å². The molecule has 5 nitrogen and oxygen atoms in total. The van der Waals surface area contributed by atoms with Crippen LogP contribution >= 0.6 is 0 Å². The molecule has 1 aromatic carbocycles. The van der Waals surface area contributed by atoms with Crippen LogP contribution in [-0.2, 0) is 6.42 Å². The Morgan fingerprint density at radius 1 is 1.15 bits per heavy atom. The molecule has 20 heavy (non-hydrogen) atoms. The Balaban J connectivity index is 2.34. The minimum absolute atomic E-state index is 0.412. The highest BCUT2D eigenvalue weighted by atomic mass is 16.5. The lowest BCUT2D eigenvalue weighted by Crippen LogP contribution is -1.96. The molecule has 0 radical (unpaired) electrons. The predicted octanol–water partition coefficient (Wildman–Crippen LogP) is 2.62. The first kappa shape index (κ1) is 13.8. The van der Waals surface area contributed by atoms with E-state index in [-0.39, 0.29) is 0 Å². The smallest absolute Gasteiger partial charge is 0.161 e. The molecule has 0 aliphatic heterocycles. The quantitative estimate of drug-likeness (QED) is 0.834. The summed E-state index contributed by atoms with van der Waals surface area (Å²) in [5.41, 5.74) is 1.72. The lowest BCUT2D eigenvalue weighted by atomic mass is 10.1. The van der Waals surface area contributed by atoms with Crippen molar-refractivity contribution in [1.29, 1.82) is 5.26 Å². The van der Waals surface area contributed by atoms with Crippen LogP contribution < -0.4 is 9.47 Å².